The third kappa shape index (κ3) is 4.08. The Kier molecular flexibility index (Phi) is 5.47. The van der Waals surface area contributed by atoms with Crippen LogP contribution in [0.4, 0.5) is 0 Å². The number of carbonyl (C=O) groups is 1. The second kappa shape index (κ2) is 8.38. The lowest BCUT2D eigenvalue weighted by Crippen LogP contribution is -2.50. The molecule has 5 heteroatoms. The number of pyridine rings is 1. The Morgan fingerprint density at radius 3 is 2.53 bits per heavy atom. The zero-order valence-corrected chi connectivity index (χ0v) is 17.6. The van der Waals surface area contributed by atoms with Crippen molar-refractivity contribution in [3.05, 3.63) is 59.9 Å². The van der Waals surface area contributed by atoms with Gasteiger partial charge in [0.15, 0.2) is 0 Å². The molecule has 2 aromatic rings. The van der Waals surface area contributed by atoms with Crippen LogP contribution in [0.1, 0.15) is 55.6 Å². The summed E-state index contributed by atoms with van der Waals surface area (Å²) >= 11 is 0. The lowest BCUT2D eigenvalue weighted by Gasteiger charge is -2.47. The molecular weight excluding hydrogens is 374 g/mol. The summed E-state index contributed by atoms with van der Waals surface area (Å²) in [5.41, 5.74) is 2.39. The summed E-state index contributed by atoms with van der Waals surface area (Å²) in [6.45, 7) is 4.87. The Morgan fingerprint density at radius 1 is 1.03 bits per heavy atom. The van der Waals surface area contributed by atoms with Crippen LogP contribution >= 0.6 is 0 Å². The van der Waals surface area contributed by atoms with Gasteiger partial charge in [0.25, 0.3) is 0 Å². The minimum absolute atomic E-state index is 0.140. The molecule has 5 rings (SSSR count). The number of likely N-dealkylation sites (tertiary alicyclic amines) is 2. The van der Waals surface area contributed by atoms with Crippen molar-refractivity contribution < 1.29 is 9.53 Å². The van der Waals surface area contributed by atoms with Crippen LogP contribution < -0.4 is 4.74 Å². The number of hydrogen-bond donors (Lipinski definition) is 0. The summed E-state index contributed by atoms with van der Waals surface area (Å²) in [5, 5.41) is 0. The van der Waals surface area contributed by atoms with Gasteiger partial charge in [-0.3, -0.25) is 14.7 Å². The van der Waals surface area contributed by atoms with Gasteiger partial charge in [-0.05, 0) is 61.4 Å². The predicted octanol–water partition coefficient (Wildman–Crippen LogP) is 4.00. The minimum Gasteiger partial charge on any atom is -0.487 e. The molecule has 1 aromatic heterocycles. The zero-order chi connectivity index (χ0) is 20.4. The van der Waals surface area contributed by atoms with Gasteiger partial charge in [0, 0.05) is 57.5 Å². The van der Waals surface area contributed by atoms with Crippen LogP contribution in [0.25, 0.3) is 0 Å². The number of fused-ring (bicyclic) bond motifs is 1. The molecule has 2 fully saturated rings. The van der Waals surface area contributed by atoms with E-state index < -0.39 is 0 Å². The van der Waals surface area contributed by atoms with E-state index in [9.17, 15) is 4.79 Å². The van der Waals surface area contributed by atoms with Crippen molar-refractivity contribution in [2.45, 2.75) is 56.6 Å². The lowest BCUT2D eigenvalue weighted by atomic mass is 9.76. The molecular formula is C25H31N3O2. The fraction of sp³-hybridized carbons (Fsp3) is 0.520. The molecule has 3 aliphatic rings. The Labute approximate surface area is 179 Å². The molecule has 1 atom stereocenters. The summed E-state index contributed by atoms with van der Waals surface area (Å²) in [5.74, 6) is 1.57. The molecule has 0 radical (unpaired) electrons. The number of nitrogens with zero attached hydrogens (tertiary/aromatic N) is 3. The number of ether oxygens (including phenoxy) is 1. The number of hydrogen-bond acceptors (Lipinski definition) is 4. The van der Waals surface area contributed by atoms with Crippen LogP contribution in [0.15, 0.2) is 48.8 Å². The maximum atomic E-state index is 12.9. The van der Waals surface area contributed by atoms with Crippen molar-refractivity contribution in [3.8, 4) is 5.75 Å². The van der Waals surface area contributed by atoms with E-state index in [0.717, 1.165) is 70.6 Å². The third-order valence-corrected chi connectivity index (χ3v) is 7.11. The lowest BCUT2D eigenvalue weighted by molar-refractivity contribution is -0.131. The van der Waals surface area contributed by atoms with Gasteiger partial charge in [-0.1, -0.05) is 18.2 Å². The topological polar surface area (TPSA) is 45.7 Å². The Morgan fingerprint density at radius 2 is 1.77 bits per heavy atom. The van der Waals surface area contributed by atoms with Crippen molar-refractivity contribution in [3.63, 3.8) is 0 Å². The predicted molar refractivity (Wildman–Crippen MR) is 116 cm³/mol. The van der Waals surface area contributed by atoms with Crippen molar-refractivity contribution in [2.24, 2.45) is 0 Å². The van der Waals surface area contributed by atoms with E-state index in [0.29, 0.717) is 12.3 Å². The van der Waals surface area contributed by atoms with E-state index in [4.69, 9.17) is 4.74 Å². The number of piperidine rings is 1. The van der Waals surface area contributed by atoms with Crippen LogP contribution in [0.5, 0.6) is 5.75 Å². The Bertz CT molecular complexity index is 871. The standard InChI is InChI=1S/C25H31N3O2/c29-24(28-13-3-4-14-28)17-21-18-25(30-23-6-2-1-5-22(21)23)9-15-27(16-10-25)19-20-7-11-26-12-8-20/h1-2,5-8,11-12,21H,3-4,9-10,13-19H2/t21-/m0/s1. The van der Waals surface area contributed by atoms with Gasteiger partial charge in [-0.15, -0.1) is 0 Å². The molecule has 30 heavy (non-hydrogen) atoms. The van der Waals surface area contributed by atoms with E-state index >= 15 is 0 Å². The largest absolute Gasteiger partial charge is 0.487 e. The quantitative estimate of drug-likeness (QED) is 0.771. The molecule has 158 valence electrons. The first kappa shape index (κ1) is 19.6. The molecule has 1 amide bonds. The highest BCUT2D eigenvalue weighted by molar-refractivity contribution is 5.77. The molecule has 0 saturated carbocycles. The van der Waals surface area contributed by atoms with Crippen molar-refractivity contribution in [1.29, 1.82) is 0 Å². The molecule has 0 bridgehead atoms. The SMILES string of the molecule is O=C(C[C@H]1CC2(CCN(Cc3ccncc3)CC2)Oc2ccccc21)N1CCCC1. The molecule has 1 aromatic carbocycles. The molecule has 0 unspecified atom stereocenters. The molecule has 2 saturated heterocycles. The van der Waals surface area contributed by atoms with Gasteiger partial charge in [0.2, 0.25) is 5.91 Å². The first-order valence-electron chi connectivity index (χ1n) is 11.4. The van der Waals surface area contributed by atoms with Crippen molar-refractivity contribution in [2.75, 3.05) is 26.2 Å². The highest BCUT2D eigenvalue weighted by atomic mass is 16.5. The number of aromatic nitrogens is 1. The summed E-state index contributed by atoms with van der Waals surface area (Å²) in [4.78, 5) is 21.6. The summed E-state index contributed by atoms with van der Waals surface area (Å²) < 4.78 is 6.63. The normalized spacial score (nSPS) is 23.2. The summed E-state index contributed by atoms with van der Waals surface area (Å²) in [7, 11) is 0. The van der Waals surface area contributed by atoms with Crippen LogP contribution in [-0.4, -0.2) is 52.5 Å². The minimum atomic E-state index is -0.140. The van der Waals surface area contributed by atoms with Gasteiger partial charge in [-0.2, -0.15) is 0 Å². The number of carbonyl (C=O) groups excluding carboxylic acids is 1. The van der Waals surface area contributed by atoms with Crippen LogP contribution in [0.2, 0.25) is 0 Å². The molecule has 5 nitrogen and oxygen atoms in total. The maximum absolute atomic E-state index is 12.9. The van der Waals surface area contributed by atoms with Gasteiger partial charge >= 0.3 is 0 Å². The van der Waals surface area contributed by atoms with E-state index in [1.165, 1.54) is 11.1 Å². The number of benzene rings is 1. The van der Waals surface area contributed by atoms with Crippen molar-refractivity contribution >= 4 is 5.91 Å². The van der Waals surface area contributed by atoms with Gasteiger partial charge in [0.05, 0.1) is 0 Å². The molecule has 0 N–H and O–H groups in total. The molecule has 3 aliphatic heterocycles. The summed E-state index contributed by atoms with van der Waals surface area (Å²) in [6, 6.07) is 12.6. The zero-order valence-electron chi connectivity index (χ0n) is 17.6. The number of para-hydroxylation sites is 1. The second-order valence-corrected chi connectivity index (χ2v) is 9.15. The molecule has 1 spiro atoms. The maximum Gasteiger partial charge on any atom is 0.223 e. The highest BCUT2D eigenvalue weighted by Crippen LogP contribution is 2.46. The van der Waals surface area contributed by atoms with Gasteiger partial charge < -0.3 is 9.64 Å². The van der Waals surface area contributed by atoms with E-state index in [-0.39, 0.29) is 11.5 Å². The van der Waals surface area contributed by atoms with Crippen LogP contribution in [-0.2, 0) is 11.3 Å². The van der Waals surface area contributed by atoms with Gasteiger partial charge in [0.1, 0.15) is 11.4 Å². The number of amides is 1. The monoisotopic (exact) mass is 405 g/mol. The van der Waals surface area contributed by atoms with Gasteiger partial charge in [-0.25, -0.2) is 0 Å². The third-order valence-electron chi connectivity index (χ3n) is 7.11. The first-order chi connectivity index (χ1) is 14.7. The fourth-order valence-electron chi connectivity index (χ4n) is 5.40. The summed E-state index contributed by atoms with van der Waals surface area (Å²) in [6.07, 6.45) is 9.62. The smallest absolute Gasteiger partial charge is 0.223 e. The average molecular weight is 406 g/mol. The van der Waals surface area contributed by atoms with Crippen molar-refractivity contribution in [1.82, 2.24) is 14.8 Å². The molecule has 4 heterocycles. The van der Waals surface area contributed by atoms with Crippen LogP contribution in [0.3, 0.4) is 0 Å². The second-order valence-electron chi connectivity index (χ2n) is 9.15. The first-order valence-corrected chi connectivity index (χ1v) is 11.4. The van der Waals surface area contributed by atoms with E-state index in [1.54, 1.807) is 0 Å². The van der Waals surface area contributed by atoms with E-state index in [2.05, 4.69) is 51.2 Å². The average Bonchev–Trinajstić information content (AvgIpc) is 3.32. The van der Waals surface area contributed by atoms with Crippen LogP contribution in [0, 0.1) is 0 Å². The Hall–Kier alpha value is -2.40. The fourth-order valence-corrected chi connectivity index (χ4v) is 5.40. The van der Waals surface area contributed by atoms with E-state index in [1.807, 2.05) is 12.4 Å². The number of rotatable bonds is 4. The molecule has 0 aliphatic carbocycles. The highest BCUT2D eigenvalue weighted by Gasteiger charge is 2.43. The Balaban J connectivity index is 1.29.